The van der Waals surface area contributed by atoms with Crippen molar-refractivity contribution in [1.29, 1.82) is 0 Å². The summed E-state index contributed by atoms with van der Waals surface area (Å²) in [7, 11) is 0. The number of thioether (sulfide) groups is 1. The topological polar surface area (TPSA) is 113 Å². The van der Waals surface area contributed by atoms with Gasteiger partial charge in [0, 0.05) is 18.1 Å². The molecule has 114 valence electrons. The maximum atomic E-state index is 12.0. The van der Waals surface area contributed by atoms with Crippen LogP contribution in [0, 0.1) is 0 Å². The molecule has 1 fully saturated rings. The molecule has 1 aliphatic rings. The number of rotatable bonds is 5. The first-order valence-corrected chi connectivity index (χ1v) is 8.24. The van der Waals surface area contributed by atoms with Crippen molar-refractivity contribution < 1.29 is 19.5 Å². The number of carboxylic acids is 1. The summed E-state index contributed by atoms with van der Waals surface area (Å²) in [5.74, 6) is -0.622. The van der Waals surface area contributed by atoms with Crippen LogP contribution in [0.4, 0.5) is 5.00 Å². The van der Waals surface area contributed by atoms with Gasteiger partial charge in [-0.15, -0.1) is 11.3 Å². The first-order chi connectivity index (χ1) is 9.99. The van der Waals surface area contributed by atoms with Crippen LogP contribution in [0.15, 0.2) is 11.4 Å². The van der Waals surface area contributed by atoms with E-state index in [2.05, 4.69) is 5.32 Å². The molecule has 0 aromatic carbocycles. The quantitative estimate of drug-likeness (QED) is 0.715. The standard InChI is InChI=1S/C12H15N3O4S2/c13-10(17)7-1-3-21-11(7)14-9(16)5-15-2-4-20-6-8(15)12(18)19/h1,3,8H,2,4-6H2,(H2,13,17)(H,14,16)(H,18,19). The molecule has 1 unspecified atom stereocenters. The minimum absolute atomic E-state index is 0.0202. The van der Waals surface area contributed by atoms with Gasteiger partial charge in [0.25, 0.3) is 5.91 Å². The molecule has 2 heterocycles. The highest BCUT2D eigenvalue weighted by Crippen LogP contribution is 2.23. The van der Waals surface area contributed by atoms with Crippen molar-refractivity contribution in [2.45, 2.75) is 6.04 Å². The number of carbonyl (C=O) groups is 3. The molecule has 0 bridgehead atoms. The van der Waals surface area contributed by atoms with E-state index in [1.165, 1.54) is 11.3 Å². The maximum Gasteiger partial charge on any atom is 0.321 e. The lowest BCUT2D eigenvalue weighted by Gasteiger charge is -2.31. The molecule has 1 aromatic heterocycles. The van der Waals surface area contributed by atoms with Gasteiger partial charge in [0.1, 0.15) is 11.0 Å². The summed E-state index contributed by atoms with van der Waals surface area (Å²) in [6.07, 6.45) is 0. The molecule has 1 aliphatic heterocycles. The first kappa shape index (κ1) is 15.8. The smallest absolute Gasteiger partial charge is 0.321 e. The summed E-state index contributed by atoms with van der Waals surface area (Å²) in [6.45, 7) is 0.524. The van der Waals surface area contributed by atoms with Crippen LogP contribution in [0.25, 0.3) is 0 Å². The molecule has 0 radical (unpaired) electrons. The number of amides is 2. The molecule has 1 atom stereocenters. The van der Waals surface area contributed by atoms with Crippen LogP contribution in [0.5, 0.6) is 0 Å². The highest BCUT2D eigenvalue weighted by atomic mass is 32.2. The monoisotopic (exact) mass is 329 g/mol. The molecular weight excluding hydrogens is 314 g/mol. The average molecular weight is 329 g/mol. The molecule has 4 N–H and O–H groups in total. The highest BCUT2D eigenvalue weighted by molar-refractivity contribution is 7.99. The van der Waals surface area contributed by atoms with Gasteiger partial charge >= 0.3 is 5.97 Å². The number of nitrogens with two attached hydrogens (primary N) is 1. The van der Waals surface area contributed by atoms with E-state index >= 15 is 0 Å². The van der Waals surface area contributed by atoms with Gasteiger partial charge < -0.3 is 16.2 Å². The van der Waals surface area contributed by atoms with E-state index in [0.717, 1.165) is 5.75 Å². The second-order valence-electron chi connectivity index (χ2n) is 4.48. The Morgan fingerprint density at radius 2 is 2.24 bits per heavy atom. The molecule has 2 amide bonds. The number of nitrogens with one attached hydrogen (secondary N) is 1. The lowest BCUT2D eigenvalue weighted by atomic mass is 10.2. The number of primary amides is 1. The van der Waals surface area contributed by atoms with Crippen LogP contribution in [0.1, 0.15) is 10.4 Å². The third-order valence-electron chi connectivity index (χ3n) is 3.05. The minimum atomic E-state index is -0.927. The summed E-state index contributed by atoms with van der Waals surface area (Å²) in [5.41, 5.74) is 5.47. The van der Waals surface area contributed by atoms with Crippen LogP contribution in [-0.4, -0.2) is 58.4 Å². The Balaban J connectivity index is 1.99. The Morgan fingerprint density at radius 1 is 1.48 bits per heavy atom. The molecule has 1 saturated heterocycles. The Labute approximate surface area is 129 Å². The van der Waals surface area contributed by atoms with Gasteiger partial charge in [-0.25, -0.2) is 0 Å². The summed E-state index contributed by atoms with van der Waals surface area (Å²) >= 11 is 2.76. The van der Waals surface area contributed by atoms with Gasteiger partial charge in [-0.05, 0) is 11.4 Å². The molecule has 0 spiro atoms. The molecule has 9 heteroatoms. The van der Waals surface area contributed by atoms with Crippen LogP contribution in [-0.2, 0) is 9.59 Å². The molecule has 7 nitrogen and oxygen atoms in total. The van der Waals surface area contributed by atoms with E-state index in [-0.39, 0.29) is 18.0 Å². The van der Waals surface area contributed by atoms with E-state index < -0.39 is 17.9 Å². The fourth-order valence-corrected chi connectivity index (χ4v) is 3.92. The Hall–Kier alpha value is -1.58. The third kappa shape index (κ3) is 3.96. The summed E-state index contributed by atoms with van der Waals surface area (Å²) in [5, 5.41) is 13.8. The van der Waals surface area contributed by atoms with E-state index in [1.54, 1.807) is 28.1 Å². The van der Waals surface area contributed by atoms with Crippen molar-refractivity contribution in [3.8, 4) is 0 Å². The molecular formula is C12H15N3O4S2. The normalized spacial score (nSPS) is 19.1. The van der Waals surface area contributed by atoms with E-state index in [1.807, 2.05) is 0 Å². The van der Waals surface area contributed by atoms with E-state index in [4.69, 9.17) is 10.8 Å². The summed E-state index contributed by atoms with van der Waals surface area (Å²) in [4.78, 5) is 36.0. The number of hydrogen-bond donors (Lipinski definition) is 3. The number of anilines is 1. The second-order valence-corrected chi connectivity index (χ2v) is 6.54. The molecule has 0 saturated carbocycles. The predicted octanol–water partition coefficient (Wildman–Crippen LogP) is 0.287. The number of thiophene rings is 1. The van der Waals surface area contributed by atoms with Crippen molar-refractivity contribution in [2.24, 2.45) is 5.73 Å². The summed E-state index contributed by atoms with van der Waals surface area (Å²) < 4.78 is 0. The zero-order valence-electron chi connectivity index (χ0n) is 11.1. The number of hydrogen-bond acceptors (Lipinski definition) is 6. The van der Waals surface area contributed by atoms with Crippen molar-refractivity contribution >= 4 is 45.9 Å². The van der Waals surface area contributed by atoms with E-state index in [9.17, 15) is 14.4 Å². The average Bonchev–Trinajstić information content (AvgIpc) is 2.87. The minimum Gasteiger partial charge on any atom is -0.480 e. The molecule has 1 aromatic rings. The number of nitrogens with zero attached hydrogens (tertiary/aromatic N) is 1. The number of carbonyl (C=O) groups excluding carboxylic acids is 2. The van der Waals surface area contributed by atoms with E-state index in [0.29, 0.717) is 17.3 Å². The number of carboxylic acid groups (broad SMARTS) is 1. The largest absolute Gasteiger partial charge is 0.480 e. The SMILES string of the molecule is NC(=O)c1ccsc1NC(=O)CN1CCSCC1C(=O)O. The van der Waals surface area contributed by atoms with Crippen molar-refractivity contribution in [3.63, 3.8) is 0 Å². The fraction of sp³-hybridized carbons (Fsp3) is 0.417. The van der Waals surface area contributed by atoms with Crippen LogP contribution in [0.3, 0.4) is 0 Å². The zero-order valence-corrected chi connectivity index (χ0v) is 12.7. The first-order valence-electron chi connectivity index (χ1n) is 6.20. The van der Waals surface area contributed by atoms with Crippen molar-refractivity contribution in [3.05, 3.63) is 17.0 Å². The zero-order chi connectivity index (χ0) is 15.4. The maximum absolute atomic E-state index is 12.0. The van der Waals surface area contributed by atoms with Crippen molar-refractivity contribution in [1.82, 2.24) is 4.90 Å². The number of aliphatic carboxylic acids is 1. The third-order valence-corrected chi connectivity index (χ3v) is 4.91. The molecule has 0 aliphatic carbocycles. The lowest BCUT2D eigenvalue weighted by molar-refractivity contribution is -0.142. The van der Waals surface area contributed by atoms with Gasteiger partial charge in [0.2, 0.25) is 5.91 Å². The van der Waals surface area contributed by atoms with Gasteiger partial charge in [-0.1, -0.05) is 0 Å². The Morgan fingerprint density at radius 3 is 2.90 bits per heavy atom. The van der Waals surface area contributed by atoms with Crippen LogP contribution < -0.4 is 11.1 Å². The lowest BCUT2D eigenvalue weighted by Crippen LogP contribution is -2.50. The fourth-order valence-electron chi connectivity index (χ4n) is 2.01. The Bertz CT molecular complexity index is 560. The van der Waals surface area contributed by atoms with Gasteiger partial charge in [-0.3, -0.25) is 19.3 Å². The van der Waals surface area contributed by atoms with Gasteiger partial charge in [0.15, 0.2) is 0 Å². The molecule has 2 rings (SSSR count). The van der Waals surface area contributed by atoms with Crippen LogP contribution in [0.2, 0.25) is 0 Å². The highest BCUT2D eigenvalue weighted by Gasteiger charge is 2.30. The summed E-state index contributed by atoms with van der Waals surface area (Å²) in [6, 6.07) is 0.883. The predicted molar refractivity (Wildman–Crippen MR) is 81.8 cm³/mol. The van der Waals surface area contributed by atoms with Gasteiger partial charge in [0.05, 0.1) is 12.1 Å². The van der Waals surface area contributed by atoms with Crippen molar-refractivity contribution in [2.75, 3.05) is 29.9 Å². The van der Waals surface area contributed by atoms with Crippen LogP contribution >= 0.6 is 23.1 Å². The van der Waals surface area contributed by atoms with Gasteiger partial charge in [-0.2, -0.15) is 11.8 Å². The second kappa shape index (κ2) is 6.92. The Kier molecular flexibility index (Phi) is 5.21. The molecule has 21 heavy (non-hydrogen) atoms.